The number of rotatable bonds is 2. The van der Waals surface area contributed by atoms with Gasteiger partial charge in [0.1, 0.15) is 0 Å². The van der Waals surface area contributed by atoms with Crippen LogP contribution in [0.4, 0.5) is 0 Å². The topological polar surface area (TPSA) is 46.3 Å². The van der Waals surface area contributed by atoms with E-state index in [1.165, 1.54) is 18.4 Å². The first-order chi connectivity index (χ1) is 9.74. The summed E-state index contributed by atoms with van der Waals surface area (Å²) in [5.74, 6) is 0.824. The van der Waals surface area contributed by atoms with Crippen molar-refractivity contribution < 1.29 is 4.79 Å². The number of nitrogens with zero attached hydrogens (tertiary/aromatic N) is 1. The van der Waals surface area contributed by atoms with Crippen LogP contribution in [0.1, 0.15) is 60.4 Å². The number of carbonyl (C=O) groups excluding carboxylic acids is 1. The Morgan fingerprint density at radius 1 is 1.00 bits per heavy atom. The van der Waals surface area contributed by atoms with Gasteiger partial charge < -0.3 is 10.6 Å². The molecule has 0 radical (unpaired) electrons. The van der Waals surface area contributed by atoms with Gasteiger partial charge in [-0.25, -0.2) is 0 Å². The average molecular weight is 272 g/mol. The predicted octanol–water partition coefficient (Wildman–Crippen LogP) is 2.91. The van der Waals surface area contributed by atoms with E-state index in [1.54, 1.807) is 0 Å². The summed E-state index contributed by atoms with van der Waals surface area (Å²) < 4.78 is 0. The average Bonchev–Trinajstić information content (AvgIpc) is 3.02. The third-order valence-electron chi connectivity index (χ3n) is 4.79. The molecule has 1 heterocycles. The molecular formula is C17H24N2O. The maximum atomic E-state index is 12.3. The molecule has 1 aliphatic heterocycles. The first-order valence-electron chi connectivity index (χ1n) is 7.89. The zero-order chi connectivity index (χ0) is 13.9. The van der Waals surface area contributed by atoms with Crippen molar-refractivity contribution in [2.24, 2.45) is 5.73 Å². The lowest BCUT2D eigenvalue weighted by Gasteiger charge is -2.26. The van der Waals surface area contributed by atoms with E-state index in [1.807, 2.05) is 17.0 Å². The fourth-order valence-electron chi connectivity index (χ4n) is 3.45. The van der Waals surface area contributed by atoms with E-state index in [4.69, 9.17) is 5.73 Å². The second kappa shape index (κ2) is 5.96. The first-order valence-corrected chi connectivity index (χ1v) is 7.89. The van der Waals surface area contributed by atoms with E-state index in [0.717, 1.165) is 44.3 Å². The fraction of sp³-hybridized carbons (Fsp3) is 0.588. The lowest BCUT2D eigenvalue weighted by molar-refractivity contribution is 0.0793. The number of benzene rings is 1. The lowest BCUT2D eigenvalue weighted by Crippen LogP contribution is -2.27. The van der Waals surface area contributed by atoms with Crippen molar-refractivity contribution >= 4 is 5.91 Å². The molecule has 0 atom stereocenters. The minimum absolute atomic E-state index is 0.194. The molecule has 2 aliphatic rings. The summed E-state index contributed by atoms with van der Waals surface area (Å²) in [5.41, 5.74) is 8.17. The summed E-state index contributed by atoms with van der Waals surface area (Å²) in [6.07, 6.45) is 6.90. The standard InChI is InChI=1S/C17H24N2O/c18-16-9-7-14(8-10-16)13-3-5-15(6-4-13)17(20)19-11-1-2-12-19/h3-6,14,16H,1-2,7-12,18H2/t14-,16-. The van der Waals surface area contributed by atoms with Gasteiger partial charge in [-0.2, -0.15) is 0 Å². The van der Waals surface area contributed by atoms with Crippen molar-refractivity contribution in [3.63, 3.8) is 0 Å². The molecule has 1 saturated heterocycles. The van der Waals surface area contributed by atoms with E-state index in [2.05, 4.69) is 12.1 Å². The first kappa shape index (κ1) is 13.6. The molecule has 3 rings (SSSR count). The van der Waals surface area contributed by atoms with Crippen LogP contribution in [-0.2, 0) is 0 Å². The molecule has 0 unspecified atom stereocenters. The molecule has 2 N–H and O–H groups in total. The van der Waals surface area contributed by atoms with Crippen LogP contribution in [0.15, 0.2) is 24.3 Å². The Balaban J connectivity index is 1.66. The zero-order valence-electron chi connectivity index (χ0n) is 12.1. The summed E-state index contributed by atoms with van der Waals surface area (Å²) >= 11 is 0. The molecule has 0 spiro atoms. The Hall–Kier alpha value is -1.35. The largest absolute Gasteiger partial charge is 0.339 e. The van der Waals surface area contributed by atoms with Crippen molar-refractivity contribution in [3.8, 4) is 0 Å². The van der Waals surface area contributed by atoms with Crippen LogP contribution in [0.2, 0.25) is 0 Å². The van der Waals surface area contributed by atoms with Gasteiger partial charge in [0, 0.05) is 24.7 Å². The maximum absolute atomic E-state index is 12.3. The Kier molecular flexibility index (Phi) is 4.06. The second-order valence-electron chi connectivity index (χ2n) is 6.23. The SMILES string of the molecule is N[C@H]1CC[C@H](c2ccc(C(=O)N3CCCC3)cc2)CC1. The van der Waals surface area contributed by atoms with Crippen LogP contribution in [0.3, 0.4) is 0 Å². The van der Waals surface area contributed by atoms with Gasteiger partial charge in [-0.1, -0.05) is 12.1 Å². The molecule has 108 valence electrons. The molecule has 3 heteroatoms. The van der Waals surface area contributed by atoms with Crippen LogP contribution in [0.5, 0.6) is 0 Å². The van der Waals surface area contributed by atoms with Gasteiger partial charge >= 0.3 is 0 Å². The van der Waals surface area contributed by atoms with Crippen LogP contribution in [0.25, 0.3) is 0 Å². The van der Waals surface area contributed by atoms with Crippen LogP contribution >= 0.6 is 0 Å². The van der Waals surface area contributed by atoms with E-state index in [-0.39, 0.29) is 5.91 Å². The summed E-state index contributed by atoms with van der Waals surface area (Å²) in [4.78, 5) is 14.3. The minimum atomic E-state index is 0.194. The van der Waals surface area contributed by atoms with Crippen LogP contribution in [-0.4, -0.2) is 29.9 Å². The van der Waals surface area contributed by atoms with Gasteiger partial charge in [0.2, 0.25) is 0 Å². The molecule has 0 bridgehead atoms. The van der Waals surface area contributed by atoms with Crippen molar-refractivity contribution in [2.45, 2.75) is 50.5 Å². The summed E-state index contributed by atoms with van der Waals surface area (Å²) in [6, 6.07) is 8.69. The van der Waals surface area contributed by atoms with Crippen molar-refractivity contribution in [2.75, 3.05) is 13.1 Å². The normalized spacial score (nSPS) is 26.8. The highest BCUT2D eigenvalue weighted by molar-refractivity contribution is 5.94. The van der Waals surface area contributed by atoms with Crippen LogP contribution in [0, 0.1) is 0 Å². The van der Waals surface area contributed by atoms with Crippen LogP contribution < -0.4 is 5.73 Å². The summed E-state index contributed by atoms with van der Waals surface area (Å²) in [7, 11) is 0. The number of carbonyl (C=O) groups is 1. The van der Waals surface area contributed by atoms with Gasteiger partial charge in [-0.15, -0.1) is 0 Å². The lowest BCUT2D eigenvalue weighted by atomic mass is 9.82. The minimum Gasteiger partial charge on any atom is -0.339 e. The molecule has 1 aliphatic carbocycles. The van der Waals surface area contributed by atoms with Gasteiger partial charge in [-0.05, 0) is 62.1 Å². The van der Waals surface area contributed by atoms with Crippen molar-refractivity contribution in [1.82, 2.24) is 4.90 Å². The molecule has 1 aromatic rings. The van der Waals surface area contributed by atoms with E-state index in [9.17, 15) is 4.79 Å². The highest BCUT2D eigenvalue weighted by Gasteiger charge is 2.22. The molecular weight excluding hydrogens is 248 g/mol. The molecule has 3 nitrogen and oxygen atoms in total. The smallest absolute Gasteiger partial charge is 0.253 e. The molecule has 1 amide bonds. The van der Waals surface area contributed by atoms with E-state index < -0.39 is 0 Å². The number of hydrogen-bond donors (Lipinski definition) is 1. The molecule has 2 fully saturated rings. The number of nitrogens with two attached hydrogens (primary N) is 1. The highest BCUT2D eigenvalue weighted by atomic mass is 16.2. The third kappa shape index (κ3) is 2.88. The molecule has 1 saturated carbocycles. The number of amides is 1. The second-order valence-corrected chi connectivity index (χ2v) is 6.23. The Labute approximate surface area is 121 Å². The summed E-state index contributed by atoms with van der Waals surface area (Å²) in [6.45, 7) is 1.84. The molecule has 0 aromatic heterocycles. The molecule has 20 heavy (non-hydrogen) atoms. The Bertz CT molecular complexity index is 454. The van der Waals surface area contributed by atoms with E-state index >= 15 is 0 Å². The Morgan fingerprint density at radius 2 is 1.60 bits per heavy atom. The zero-order valence-corrected chi connectivity index (χ0v) is 12.1. The third-order valence-corrected chi connectivity index (χ3v) is 4.79. The maximum Gasteiger partial charge on any atom is 0.253 e. The van der Waals surface area contributed by atoms with Crippen molar-refractivity contribution in [3.05, 3.63) is 35.4 Å². The Morgan fingerprint density at radius 3 is 2.20 bits per heavy atom. The monoisotopic (exact) mass is 272 g/mol. The predicted molar refractivity (Wildman–Crippen MR) is 80.8 cm³/mol. The van der Waals surface area contributed by atoms with Gasteiger partial charge in [0.15, 0.2) is 0 Å². The van der Waals surface area contributed by atoms with E-state index in [0.29, 0.717) is 12.0 Å². The number of likely N-dealkylation sites (tertiary alicyclic amines) is 1. The fourth-order valence-corrected chi connectivity index (χ4v) is 3.45. The van der Waals surface area contributed by atoms with Gasteiger partial charge in [0.05, 0.1) is 0 Å². The molecule has 1 aromatic carbocycles. The summed E-state index contributed by atoms with van der Waals surface area (Å²) in [5, 5.41) is 0. The van der Waals surface area contributed by atoms with Gasteiger partial charge in [0.25, 0.3) is 5.91 Å². The number of hydrogen-bond acceptors (Lipinski definition) is 2. The quantitative estimate of drug-likeness (QED) is 0.899. The highest BCUT2D eigenvalue weighted by Crippen LogP contribution is 2.32. The van der Waals surface area contributed by atoms with Crippen molar-refractivity contribution in [1.29, 1.82) is 0 Å². The van der Waals surface area contributed by atoms with Gasteiger partial charge in [-0.3, -0.25) is 4.79 Å².